The second kappa shape index (κ2) is 11.5. The van der Waals surface area contributed by atoms with Crippen molar-refractivity contribution in [1.82, 2.24) is 20.4 Å². The van der Waals surface area contributed by atoms with Crippen LogP contribution in [0.15, 0.2) is 53.3 Å². The number of H-pyrrole nitrogens is 1. The van der Waals surface area contributed by atoms with E-state index < -0.39 is 23.2 Å². The van der Waals surface area contributed by atoms with Crippen molar-refractivity contribution in [1.29, 1.82) is 0 Å². The van der Waals surface area contributed by atoms with Gasteiger partial charge in [-0.15, -0.1) is 0 Å². The lowest BCUT2D eigenvalue weighted by Gasteiger charge is -2.39. The van der Waals surface area contributed by atoms with E-state index in [-0.39, 0.29) is 29.8 Å². The van der Waals surface area contributed by atoms with E-state index in [1.807, 2.05) is 20.8 Å². The molecule has 2 heterocycles. The molecule has 1 aliphatic rings. The normalized spacial score (nSPS) is 17.1. The summed E-state index contributed by atoms with van der Waals surface area (Å²) in [5, 5.41) is 9.10. The minimum absolute atomic E-state index is 0.0429. The summed E-state index contributed by atoms with van der Waals surface area (Å²) >= 11 is 0. The molecular weight excluding hydrogens is 511 g/mol. The number of aromatic amines is 1. The first-order chi connectivity index (χ1) is 18.9. The minimum Gasteiger partial charge on any atom is -0.343 e. The first-order valence-corrected chi connectivity index (χ1v) is 13.4. The third-order valence-corrected chi connectivity index (χ3v) is 8.04. The zero-order valence-electron chi connectivity index (χ0n) is 23.5. The second-order valence-corrected chi connectivity index (χ2v) is 11.1. The molecule has 2 aromatic carbocycles. The van der Waals surface area contributed by atoms with Crippen LogP contribution in [0.3, 0.4) is 0 Å². The van der Waals surface area contributed by atoms with Gasteiger partial charge in [-0.2, -0.15) is 5.10 Å². The highest BCUT2D eigenvalue weighted by Gasteiger charge is 2.47. The van der Waals surface area contributed by atoms with Gasteiger partial charge in [0.1, 0.15) is 11.6 Å². The highest BCUT2D eigenvalue weighted by Crippen LogP contribution is 2.43. The SMILES string of the molecule is CC(=O)C(C)(C)C1CC[C@@H](c2cccc(F)c2)N1C(=O)CNC(=O)c1ccc(Cc2cc(C)n[nH]c2=O)c(C)c1. The van der Waals surface area contributed by atoms with Crippen molar-refractivity contribution >= 4 is 17.6 Å². The number of nitrogens with zero attached hydrogens (tertiary/aromatic N) is 2. The molecule has 3 aromatic rings. The summed E-state index contributed by atoms with van der Waals surface area (Å²) in [5.41, 5.74) is 3.02. The number of halogens is 1. The Bertz CT molecular complexity index is 1510. The molecule has 210 valence electrons. The molecular formula is C31H35FN4O4. The number of likely N-dealkylation sites (tertiary alicyclic amines) is 1. The summed E-state index contributed by atoms with van der Waals surface area (Å²) in [6, 6.07) is 12.3. The summed E-state index contributed by atoms with van der Waals surface area (Å²) in [6.45, 7) is 8.55. The topological polar surface area (TPSA) is 112 Å². The molecule has 0 saturated carbocycles. The molecule has 2 atom stereocenters. The number of carbonyl (C=O) groups excluding carboxylic acids is 3. The Balaban J connectivity index is 1.50. The molecule has 1 unspecified atom stereocenters. The lowest BCUT2D eigenvalue weighted by Crippen LogP contribution is -2.50. The fraction of sp³-hybridized carbons (Fsp3) is 0.387. The molecule has 0 aliphatic carbocycles. The Labute approximate surface area is 233 Å². The van der Waals surface area contributed by atoms with Crippen molar-refractivity contribution in [2.45, 2.75) is 66.0 Å². The van der Waals surface area contributed by atoms with E-state index in [2.05, 4.69) is 15.5 Å². The Morgan fingerprint density at radius 1 is 1.07 bits per heavy atom. The molecule has 2 amide bonds. The van der Waals surface area contributed by atoms with Crippen LogP contribution in [-0.2, 0) is 16.0 Å². The van der Waals surface area contributed by atoms with E-state index in [1.54, 1.807) is 48.2 Å². The molecule has 2 N–H and O–H groups in total. The van der Waals surface area contributed by atoms with Gasteiger partial charge < -0.3 is 10.2 Å². The van der Waals surface area contributed by atoms with E-state index in [0.717, 1.165) is 11.1 Å². The fourth-order valence-corrected chi connectivity index (χ4v) is 5.42. The number of carbonyl (C=O) groups is 3. The maximum absolute atomic E-state index is 14.0. The van der Waals surface area contributed by atoms with Crippen LogP contribution in [0.4, 0.5) is 4.39 Å². The fourth-order valence-electron chi connectivity index (χ4n) is 5.42. The molecule has 4 rings (SSSR count). The average Bonchev–Trinajstić information content (AvgIpc) is 3.36. The van der Waals surface area contributed by atoms with Crippen LogP contribution in [0.1, 0.15) is 78.0 Å². The Kier molecular flexibility index (Phi) is 8.32. The summed E-state index contributed by atoms with van der Waals surface area (Å²) in [5.74, 6) is -1.18. The van der Waals surface area contributed by atoms with Crippen molar-refractivity contribution in [3.63, 3.8) is 0 Å². The van der Waals surface area contributed by atoms with Gasteiger partial charge in [0.15, 0.2) is 0 Å². The van der Waals surface area contributed by atoms with Crippen molar-refractivity contribution < 1.29 is 18.8 Å². The van der Waals surface area contributed by atoms with Crippen LogP contribution in [0.5, 0.6) is 0 Å². The van der Waals surface area contributed by atoms with Crippen molar-refractivity contribution in [2.75, 3.05) is 6.54 Å². The average molecular weight is 547 g/mol. The monoisotopic (exact) mass is 546 g/mol. The number of hydrogen-bond acceptors (Lipinski definition) is 5. The van der Waals surface area contributed by atoms with Crippen molar-refractivity contribution in [2.24, 2.45) is 5.41 Å². The lowest BCUT2D eigenvalue weighted by atomic mass is 9.79. The van der Waals surface area contributed by atoms with Gasteiger partial charge in [0.2, 0.25) is 5.91 Å². The summed E-state index contributed by atoms with van der Waals surface area (Å²) in [7, 11) is 0. The molecule has 1 fully saturated rings. The first kappa shape index (κ1) is 28.9. The Morgan fingerprint density at radius 3 is 2.50 bits per heavy atom. The van der Waals surface area contributed by atoms with Crippen LogP contribution >= 0.6 is 0 Å². The zero-order chi connectivity index (χ0) is 29.2. The van der Waals surface area contributed by atoms with E-state index in [4.69, 9.17) is 0 Å². The maximum Gasteiger partial charge on any atom is 0.267 e. The third-order valence-electron chi connectivity index (χ3n) is 8.04. The molecule has 0 spiro atoms. The highest BCUT2D eigenvalue weighted by atomic mass is 19.1. The summed E-state index contributed by atoms with van der Waals surface area (Å²) in [4.78, 5) is 52.9. The standard InChI is InChI=1S/C31H35FN4O4/c1-18-13-23(10-9-21(18)15-24-14-19(2)34-35-30(24)40)29(39)33-17-28(38)36-26(22-7-6-8-25(32)16-22)11-12-27(36)31(4,5)20(3)37/h6-10,13-14,16,26-27H,11-12,15,17H2,1-5H3,(H,33,39)(H,35,40)/t26-,27?/m0/s1. The van der Waals surface area contributed by atoms with Gasteiger partial charge in [-0.1, -0.05) is 32.0 Å². The number of ketones is 1. The van der Waals surface area contributed by atoms with Crippen LogP contribution in [0.25, 0.3) is 0 Å². The zero-order valence-corrected chi connectivity index (χ0v) is 23.5. The van der Waals surface area contributed by atoms with E-state index in [0.29, 0.717) is 41.6 Å². The van der Waals surface area contributed by atoms with Gasteiger partial charge in [-0.05, 0) is 80.6 Å². The number of Topliss-reactive ketones (excluding diaryl/α,β-unsaturated/α-hetero) is 1. The van der Waals surface area contributed by atoms with Crippen LogP contribution in [0, 0.1) is 25.1 Å². The second-order valence-electron chi connectivity index (χ2n) is 11.1. The lowest BCUT2D eigenvalue weighted by molar-refractivity contribution is -0.139. The number of amides is 2. The van der Waals surface area contributed by atoms with Crippen LogP contribution in [0.2, 0.25) is 0 Å². The number of benzene rings is 2. The predicted octanol–water partition coefficient (Wildman–Crippen LogP) is 4.19. The number of aromatic nitrogens is 2. The van der Waals surface area contributed by atoms with Gasteiger partial charge in [-0.3, -0.25) is 19.2 Å². The van der Waals surface area contributed by atoms with E-state index in [9.17, 15) is 23.6 Å². The summed E-state index contributed by atoms with van der Waals surface area (Å²) in [6.07, 6.45) is 1.58. The van der Waals surface area contributed by atoms with E-state index in [1.165, 1.54) is 19.1 Å². The van der Waals surface area contributed by atoms with Crippen molar-refractivity contribution in [3.05, 3.63) is 98.2 Å². The van der Waals surface area contributed by atoms with Crippen LogP contribution < -0.4 is 10.9 Å². The number of aryl methyl sites for hydroxylation is 2. The molecule has 1 saturated heterocycles. The maximum atomic E-state index is 14.0. The highest BCUT2D eigenvalue weighted by molar-refractivity contribution is 5.97. The van der Waals surface area contributed by atoms with Crippen LogP contribution in [-0.4, -0.2) is 45.3 Å². The minimum atomic E-state index is -0.802. The van der Waals surface area contributed by atoms with Gasteiger partial charge in [0.05, 0.1) is 18.3 Å². The summed E-state index contributed by atoms with van der Waals surface area (Å²) < 4.78 is 14.0. The quantitative estimate of drug-likeness (QED) is 0.440. The van der Waals surface area contributed by atoms with Crippen molar-refractivity contribution in [3.8, 4) is 0 Å². The third kappa shape index (κ3) is 6.03. The largest absolute Gasteiger partial charge is 0.343 e. The van der Waals surface area contributed by atoms with E-state index >= 15 is 0 Å². The van der Waals surface area contributed by atoms with Gasteiger partial charge in [-0.25, -0.2) is 9.49 Å². The van der Waals surface area contributed by atoms with Gasteiger partial charge >= 0.3 is 0 Å². The number of rotatable bonds is 8. The number of nitrogens with one attached hydrogen (secondary N) is 2. The molecule has 1 aliphatic heterocycles. The van der Waals surface area contributed by atoms with Gasteiger partial charge in [0, 0.05) is 29.0 Å². The Hall–Kier alpha value is -4.14. The predicted molar refractivity (Wildman–Crippen MR) is 149 cm³/mol. The molecule has 9 heteroatoms. The number of hydrogen-bond donors (Lipinski definition) is 2. The van der Waals surface area contributed by atoms with Gasteiger partial charge in [0.25, 0.3) is 11.5 Å². The first-order valence-electron chi connectivity index (χ1n) is 13.4. The smallest absolute Gasteiger partial charge is 0.267 e. The molecule has 8 nitrogen and oxygen atoms in total. The molecule has 40 heavy (non-hydrogen) atoms. The molecule has 0 radical (unpaired) electrons. The molecule has 0 bridgehead atoms. The Morgan fingerprint density at radius 2 is 1.82 bits per heavy atom. The molecule has 1 aromatic heterocycles.